The maximum atomic E-state index is 2.55. The van der Waals surface area contributed by atoms with Gasteiger partial charge in [-0.25, -0.2) is 9.13 Å². The number of nitrogens with zero attached hydrogens (tertiary/aromatic N) is 2. The van der Waals surface area contributed by atoms with Crippen molar-refractivity contribution >= 4 is 0 Å². The number of hydrogen-bond acceptors (Lipinski definition) is 0. The Kier molecular flexibility index (Phi) is 14.1. The first-order chi connectivity index (χ1) is 15.3. The van der Waals surface area contributed by atoms with Gasteiger partial charge in [0.25, 0.3) is 5.82 Å². The highest BCUT2D eigenvalue weighted by molar-refractivity contribution is 5.15. The second-order valence-electron chi connectivity index (χ2n) is 9.37. The maximum absolute atomic E-state index is 2.55. The minimum absolute atomic E-state index is 0.997. The van der Waals surface area contributed by atoms with Crippen molar-refractivity contribution in [1.29, 1.82) is 0 Å². The first-order valence-electron chi connectivity index (χ1n) is 13.5. The molecule has 0 radical (unpaired) electrons. The molecule has 0 atom stereocenters. The van der Waals surface area contributed by atoms with Gasteiger partial charge in [-0.3, -0.25) is 0 Å². The Morgan fingerprint density at radius 1 is 0.645 bits per heavy atom. The molecule has 2 rings (SSSR count). The van der Waals surface area contributed by atoms with Gasteiger partial charge in [0.1, 0.15) is 18.9 Å². The first-order valence-corrected chi connectivity index (χ1v) is 13.5. The molecule has 0 spiro atoms. The molecule has 174 valence electrons. The molecule has 0 aliphatic heterocycles. The fourth-order valence-electron chi connectivity index (χ4n) is 4.57. The van der Waals surface area contributed by atoms with Crippen LogP contribution in [-0.4, -0.2) is 4.57 Å². The van der Waals surface area contributed by atoms with Gasteiger partial charge in [0.2, 0.25) is 0 Å². The summed E-state index contributed by atoms with van der Waals surface area (Å²) in [5.41, 5.74) is 1.40. The lowest BCUT2D eigenvalue weighted by atomic mass is 10.1. The monoisotopic (exact) mass is 425 g/mol. The van der Waals surface area contributed by atoms with Crippen molar-refractivity contribution in [3.05, 3.63) is 54.1 Å². The molecular formula is C29H49N2+. The molecule has 0 unspecified atom stereocenters. The topological polar surface area (TPSA) is 8.81 Å². The third kappa shape index (κ3) is 11.0. The number of aryl methyl sites for hydroxylation is 1. The van der Waals surface area contributed by atoms with Crippen LogP contribution < -0.4 is 4.57 Å². The second-order valence-corrected chi connectivity index (χ2v) is 9.37. The Hall–Kier alpha value is -1.57. The quantitative estimate of drug-likeness (QED) is 0.158. The summed E-state index contributed by atoms with van der Waals surface area (Å²) in [6.45, 7) is 6.77. The van der Waals surface area contributed by atoms with Crippen LogP contribution in [0.3, 0.4) is 0 Å². The Balaban J connectivity index is 1.80. The average molecular weight is 426 g/mol. The smallest absolute Gasteiger partial charge is 0.234 e. The molecule has 2 aromatic rings. The molecule has 2 heteroatoms. The fourth-order valence-corrected chi connectivity index (χ4v) is 4.57. The van der Waals surface area contributed by atoms with Crippen molar-refractivity contribution in [3.63, 3.8) is 0 Å². The Bertz CT molecular complexity index is 659. The van der Waals surface area contributed by atoms with E-state index in [2.05, 4.69) is 65.7 Å². The molecule has 1 heterocycles. The van der Waals surface area contributed by atoms with E-state index in [0.29, 0.717) is 0 Å². The summed E-state index contributed by atoms with van der Waals surface area (Å²) in [5.74, 6) is 1.53. The largest absolute Gasteiger partial charge is 0.256 e. The van der Waals surface area contributed by atoms with Crippen molar-refractivity contribution < 1.29 is 4.57 Å². The van der Waals surface area contributed by atoms with Crippen LogP contribution in [0.1, 0.15) is 122 Å². The van der Waals surface area contributed by atoms with Gasteiger partial charge in [-0.1, -0.05) is 121 Å². The molecule has 1 aromatic carbocycles. The summed E-state index contributed by atoms with van der Waals surface area (Å²) < 4.78 is 5.05. The number of aromatic nitrogens is 2. The summed E-state index contributed by atoms with van der Waals surface area (Å²) in [5, 5.41) is 0. The summed E-state index contributed by atoms with van der Waals surface area (Å²) in [7, 11) is 0. The van der Waals surface area contributed by atoms with E-state index >= 15 is 0 Å². The lowest BCUT2D eigenvalue weighted by Crippen LogP contribution is -2.37. The van der Waals surface area contributed by atoms with Crippen molar-refractivity contribution in [2.24, 2.45) is 0 Å². The first kappa shape index (κ1) is 25.7. The standard InChI is InChI=1S/C29H49N2/c1-3-5-7-9-11-12-13-14-19-23-29-30(24-20-15-10-8-6-4-2)25-26-31(29)27-28-21-17-16-18-22-28/h16-18,21-22,25-26H,3-15,19-20,23-24,27H2,1-2H3/q+1. The van der Waals surface area contributed by atoms with Crippen LogP contribution in [-0.2, 0) is 19.5 Å². The van der Waals surface area contributed by atoms with Crippen LogP contribution in [0, 0.1) is 0 Å². The van der Waals surface area contributed by atoms with Crippen molar-refractivity contribution in [2.75, 3.05) is 0 Å². The van der Waals surface area contributed by atoms with Crippen LogP contribution in [0.4, 0.5) is 0 Å². The lowest BCUT2D eigenvalue weighted by molar-refractivity contribution is -0.704. The molecule has 0 saturated heterocycles. The lowest BCUT2D eigenvalue weighted by Gasteiger charge is -2.07. The molecule has 1 aromatic heterocycles. The minimum atomic E-state index is 0.997. The zero-order chi connectivity index (χ0) is 22.0. The van der Waals surface area contributed by atoms with Crippen LogP contribution in [0.2, 0.25) is 0 Å². The Morgan fingerprint density at radius 2 is 1.19 bits per heavy atom. The molecule has 0 saturated carbocycles. The van der Waals surface area contributed by atoms with Gasteiger partial charge in [0, 0.05) is 6.42 Å². The molecule has 0 fully saturated rings. The summed E-state index contributed by atoms with van der Waals surface area (Å²) in [6, 6.07) is 10.9. The van der Waals surface area contributed by atoms with Gasteiger partial charge in [0.05, 0.1) is 6.54 Å². The highest BCUT2D eigenvalue weighted by Crippen LogP contribution is 2.13. The molecule has 0 bridgehead atoms. The molecular weight excluding hydrogens is 376 g/mol. The van der Waals surface area contributed by atoms with E-state index in [0.717, 1.165) is 6.54 Å². The summed E-state index contributed by atoms with van der Waals surface area (Å²) in [6.07, 6.45) is 26.7. The maximum Gasteiger partial charge on any atom is 0.256 e. The zero-order valence-corrected chi connectivity index (χ0v) is 20.7. The predicted molar refractivity (Wildman–Crippen MR) is 134 cm³/mol. The normalized spacial score (nSPS) is 11.3. The average Bonchev–Trinajstić information content (AvgIpc) is 3.17. The third-order valence-electron chi connectivity index (χ3n) is 6.54. The SMILES string of the molecule is CCCCCCCCCCCc1n(Cc2ccccc2)cc[n+]1CCCCCCCC. The highest BCUT2D eigenvalue weighted by atomic mass is 15.1. The molecule has 31 heavy (non-hydrogen) atoms. The van der Waals surface area contributed by atoms with Crippen LogP contribution in [0.15, 0.2) is 42.7 Å². The minimum Gasteiger partial charge on any atom is -0.234 e. The number of imidazole rings is 1. The van der Waals surface area contributed by atoms with E-state index in [4.69, 9.17) is 0 Å². The predicted octanol–water partition coefficient (Wildman–Crippen LogP) is 8.26. The van der Waals surface area contributed by atoms with E-state index in [-0.39, 0.29) is 0 Å². The Morgan fingerprint density at radius 3 is 1.81 bits per heavy atom. The van der Waals surface area contributed by atoms with Crippen LogP contribution in [0.5, 0.6) is 0 Å². The van der Waals surface area contributed by atoms with Gasteiger partial charge in [0.15, 0.2) is 0 Å². The van der Waals surface area contributed by atoms with Gasteiger partial charge in [-0.05, 0) is 24.8 Å². The van der Waals surface area contributed by atoms with E-state index < -0.39 is 0 Å². The number of benzene rings is 1. The molecule has 2 nitrogen and oxygen atoms in total. The van der Waals surface area contributed by atoms with Crippen LogP contribution in [0.25, 0.3) is 0 Å². The van der Waals surface area contributed by atoms with Crippen LogP contribution >= 0.6 is 0 Å². The van der Waals surface area contributed by atoms with E-state index in [1.165, 1.54) is 121 Å². The van der Waals surface area contributed by atoms with Gasteiger partial charge in [-0.2, -0.15) is 0 Å². The number of rotatable bonds is 19. The molecule has 0 amide bonds. The van der Waals surface area contributed by atoms with E-state index in [1.54, 1.807) is 0 Å². The second kappa shape index (κ2) is 17.0. The zero-order valence-electron chi connectivity index (χ0n) is 20.7. The van der Waals surface area contributed by atoms with Crippen molar-refractivity contribution in [3.8, 4) is 0 Å². The molecule has 0 N–H and O–H groups in total. The van der Waals surface area contributed by atoms with Gasteiger partial charge in [-0.15, -0.1) is 0 Å². The fraction of sp³-hybridized carbons (Fsp3) is 0.690. The molecule has 0 aliphatic carbocycles. The van der Waals surface area contributed by atoms with E-state index in [1.807, 2.05) is 0 Å². The number of unbranched alkanes of at least 4 members (excludes halogenated alkanes) is 13. The highest BCUT2D eigenvalue weighted by Gasteiger charge is 2.17. The van der Waals surface area contributed by atoms with E-state index in [9.17, 15) is 0 Å². The van der Waals surface area contributed by atoms with Crippen molar-refractivity contribution in [2.45, 2.75) is 130 Å². The van der Waals surface area contributed by atoms with Crippen molar-refractivity contribution in [1.82, 2.24) is 4.57 Å². The summed E-state index contributed by atoms with van der Waals surface area (Å²) >= 11 is 0. The summed E-state index contributed by atoms with van der Waals surface area (Å²) in [4.78, 5) is 0. The van der Waals surface area contributed by atoms with Gasteiger partial charge >= 0.3 is 0 Å². The molecule has 0 aliphatic rings. The van der Waals surface area contributed by atoms with Gasteiger partial charge < -0.3 is 0 Å². The third-order valence-corrected chi connectivity index (χ3v) is 6.54. The number of hydrogen-bond donors (Lipinski definition) is 0. The Labute approximate surface area is 193 Å².